The van der Waals surface area contributed by atoms with Crippen LogP contribution in [0.1, 0.15) is 0 Å². The highest BCUT2D eigenvalue weighted by atomic mass is 16.7. The maximum Gasteiger partial charge on any atom is 0.421 e. The minimum Gasteiger partial charge on any atom is -0.464 e. The second-order valence-corrected chi connectivity index (χ2v) is 2.45. The van der Waals surface area contributed by atoms with Crippen molar-refractivity contribution in [1.29, 1.82) is 0 Å². The zero-order valence-electron chi connectivity index (χ0n) is 8.40. The van der Waals surface area contributed by atoms with Gasteiger partial charge in [-0.1, -0.05) is 6.08 Å². The molecule has 0 rings (SSSR count). The fraction of sp³-hybridized carbons (Fsp3) is 0.625. The van der Waals surface area contributed by atoms with Crippen LogP contribution in [0.2, 0.25) is 0 Å². The monoisotopic (exact) mass is 204 g/mol. The zero-order chi connectivity index (χ0) is 11.0. The van der Waals surface area contributed by atoms with Crippen molar-refractivity contribution in [3.05, 3.63) is 12.7 Å². The van der Waals surface area contributed by atoms with Gasteiger partial charge in [0.1, 0.15) is 0 Å². The number of nitrogens with zero attached hydrogens (tertiary/aromatic N) is 1. The molecule has 0 aromatic carbocycles. The highest BCUT2D eigenvalue weighted by Gasteiger charge is 2.16. The molecule has 0 saturated carbocycles. The second-order valence-electron chi connectivity index (χ2n) is 2.45. The van der Waals surface area contributed by atoms with Crippen LogP contribution in [-0.2, 0) is 9.47 Å². The number of hydrogen-bond donors (Lipinski definition) is 2. The van der Waals surface area contributed by atoms with E-state index in [0.29, 0.717) is 6.54 Å². The quantitative estimate of drug-likeness (QED) is 0.354. The Balaban J connectivity index is 4.06. The lowest BCUT2D eigenvalue weighted by molar-refractivity contribution is -0.117. The smallest absolute Gasteiger partial charge is 0.421 e. The van der Waals surface area contributed by atoms with Gasteiger partial charge in [-0.3, -0.25) is 0 Å². The van der Waals surface area contributed by atoms with Gasteiger partial charge in [-0.2, -0.15) is 0 Å². The largest absolute Gasteiger partial charge is 0.464 e. The Morgan fingerprint density at radius 1 is 1.64 bits per heavy atom. The van der Waals surface area contributed by atoms with Crippen molar-refractivity contribution in [3.63, 3.8) is 0 Å². The van der Waals surface area contributed by atoms with E-state index in [2.05, 4.69) is 12.0 Å². The molecule has 0 aliphatic rings. The molecule has 0 heterocycles. The highest BCUT2D eigenvalue weighted by Crippen LogP contribution is 1.95. The molecule has 1 amide bonds. The lowest BCUT2D eigenvalue weighted by Crippen LogP contribution is -2.47. The Labute approximate surface area is 83.1 Å². The fourth-order valence-electron chi connectivity index (χ4n) is 0.779. The Morgan fingerprint density at radius 3 is 2.57 bits per heavy atom. The molecule has 0 aliphatic heterocycles. The Morgan fingerprint density at radius 2 is 2.21 bits per heavy atom. The maximum absolute atomic E-state index is 10.7. The third kappa shape index (κ3) is 4.80. The van der Waals surface area contributed by atoms with Crippen LogP contribution in [0.3, 0.4) is 0 Å². The lowest BCUT2D eigenvalue weighted by atomic mass is 10.6. The first kappa shape index (κ1) is 12.9. The molecule has 6 heteroatoms. The van der Waals surface area contributed by atoms with Gasteiger partial charge in [-0.05, 0) is 0 Å². The van der Waals surface area contributed by atoms with Gasteiger partial charge < -0.3 is 14.6 Å². The third-order valence-corrected chi connectivity index (χ3v) is 1.51. The summed E-state index contributed by atoms with van der Waals surface area (Å²) in [4.78, 5) is 10.7. The first-order valence-corrected chi connectivity index (χ1v) is 4.06. The molecule has 0 unspecified atom stereocenters. The molecule has 0 aromatic heterocycles. The molecule has 0 aromatic rings. The van der Waals surface area contributed by atoms with Crippen LogP contribution in [0.4, 0.5) is 4.79 Å². The molecule has 0 bridgehead atoms. The Hall–Kier alpha value is -1.11. The number of carboxylic acid groups (broad SMARTS) is 1. The average molecular weight is 204 g/mol. The van der Waals surface area contributed by atoms with Crippen LogP contribution < -0.4 is 5.43 Å². The van der Waals surface area contributed by atoms with Crippen LogP contribution in [0.25, 0.3) is 0 Å². The maximum atomic E-state index is 10.7. The number of nitrogens with one attached hydrogen (secondary N) is 1. The fourth-order valence-corrected chi connectivity index (χ4v) is 0.779. The second kappa shape index (κ2) is 7.31. The summed E-state index contributed by atoms with van der Waals surface area (Å²) in [5.41, 5.74) is 2.62. The first-order chi connectivity index (χ1) is 6.65. The van der Waals surface area contributed by atoms with Gasteiger partial charge in [0.15, 0.2) is 6.29 Å². The number of ether oxygens (including phenoxy) is 2. The van der Waals surface area contributed by atoms with E-state index >= 15 is 0 Å². The van der Waals surface area contributed by atoms with Crippen LogP contribution in [-0.4, -0.2) is 49.8 Å². The number of hydrazine groups is 1. The standard InChI is InChI=1S/C8H16N2O4/c1-4-5-9-10(8(11)12)6-7(13-2)14-3/h4,7,9H,1,5-6H2,2-3H3,(H,11,12). The van der Waals surface area contributed by atoms with Crippen molar-refractivity contribution in [2.24, 2.45) is 0 Å². The molecule has 14 heavy (non-hydrogen) atoms. The number of amides is 1. The number of rotatable bonds is 7. The van der Waals surface area contributed by atoms with E-state index in [9.17, 15) is 4.79 Å². The van der Waals surface area contributed by atoms with E-state index in [1.807, 2.05) is 0 Å². The number of hydrogen-bond acceptors (Lipinski definition) is 4. The van der Waals surface area contributed by atoms with Gasteiger partial charge in [0, 0.05) is 20.8 Å². The molecule has 0 fully saturated rings. The summed E-state index contributed by atoms with van der Waals surface area (Å²) in [6, 6.07) is 0. The average Bonchev–Trinajstić information content (AvgIpc) is 2.18. The molecule has 0 atom stereocenters. The minimum atomic E-state index is -1.09. The minimum absolute atomic E-state index is 0.0934. The topological polar surface area (TPSA) is 71.0 Å². The van der Waals surface area contributed by atoms with E-state index in [1.54, 1.807) is 6.08 Å². The van der Waals surface area contributed by atoms with Crippen molar-refractivity contribution in [3.8, 4) is 0 Å². The van der Waals surface area contributed by atoms with Crippen LogP contribution in [0.15, 0.2) is 12.7 Å². The first-order valence-electron chi connectivity index (χ1n) is 4.06. The predicted octanol–water partition coefficient (Wildman–Crippen LogP) is 0.276. The van der Waals surface area contributed by atoms with Crippen molar-refractivity contribution >= 4 is 6.09 Å². The van der Waals surface area contributed by atoms with Crippen LogP contribution in [0.5, 0.6) is 0 Å². The van der Waals surface area contributed by atoms with Crippen molar-refractivity contribution in [2.45, 2.75) is 6.29 Å². The van der Waals surface area contributed by atoms with E-state index in [-0.39, 0.29) is 6.54 Å². The van der Waals surface area contributed by atoms with Gasteiger partial charge in [-0.25, -0.2) is 15.2 Å². The van der Waals surface area contributed by atoms with E-state index in [4.69, 9.17) is 14.6 Å². The van der Waals surface area contributed by atoms with E-state index in [1.165, 1.54) is 14.2 Å². The number of methoxy groups -OCH3 is 2. The summed E-state index contributed by atoms with van der Waals surface area (Å²) in [6.45, 7) is 3.93. The summed E-state index contributed by atoms with van der Waals surface area (Å²) < 4.78 is 9.73. The predicted molar refractivity (Wildman–Crippen MR) is 50.7 cm³/mol. The van der Waals surface area contributed by atoms with Gasteiger partial charge in [0.2, 0.25) is 0 Å². The molecule has 0 radical (unpaired) electrons. The molecule has 0 saturated heterocycles. The summed E-state index contributed by atoms with van der Waals surface area (Å²) in [5, 5.41) is 9.74. The SMILES string of the molecule is C=CCNN(CC(OC)OC)C(=O)O. The van der Waals surface area contributed by atoms with Crippen LogP contribution >= 0.6 is 0 Å². The van der Waals surface area contributed by atoms with Gasteiger partial charge >= 0.3 is 6.09 Å². The summed E-state index contributed by atoms with van der Waals surface area (Å²) in [5.74, 6) is 0. The van der Waals surface area contributed by atoms with Gasteiger partial charge in [0.05, 0.1) is 6.54 Å². The molecule has 0 aliphatic carbocycles. The zero-order valence-corrected chi connectivity index (χ0v) is 8.40. The van der Waals surface area contributed by atoms with Crippen molar-refractivity contribution in [2.75, 3.05) is 27.3 Å². The Kier molecular flexibility index (Phi) is 6.73. The lowest BCUT2D eigenvalue weighted by Gasteiger charge is -2.23. The molecule has 6 nitrogen and oxygen atoms in total. The molecule has 82 valence electrons. The van der Waals surface area contributed by atoms with Gasteiger partial charge in [-0.15, -0.1) is 6.58 Å². The number of carbonyl (C=O) groups is 1. The van der Waals surface area contributed by atoms with Crippen molar-refractivity contribution < 1.29 is 19.4 Å². The van der Waals surface area contributed by atoms with E-state index < -0.39 is 12.4 Å². The summed E-state index contributed by atoms with van der Waals surface area (Å²) >= 11 is 0. The van der Waals surface area contributed by atoms with Crippen LogP contribution in [0, 0.1) is 0 Å². The normalized spacial score (nSPS) is 10.2. The summed E-state index contributed by atoms with van der Waals surface area (Å²) in [6.07, 6.45) is -0.112. The Bertz CT molecular complexity index is 182. The third-order valence-electron chi connectivity index (χ3n) is 1.51. The van der Waals surface area contributed by atoms with Crippen molar-refractivity contribution in [1.82, 2.24) is 10.4 Å². The van der Waals surface area contributed by atoms with Gasteiger partial charge in [0.25, 0.3) is 0 Å². The molecule has 2 N–H and O–H groups in total. The van der Waals surface area contributed by atoms with E-state index in [0.717, 1.165) is 5.01 Å². The molecule has 0 spiro atoms. The highest BCUT2D eigenvalue weighted by molar-refractivity contribution is 5.64. The summed E-state index contributed by atoms with van der Waals surface area (Å²) in [7, 11) is 2.89. The molecular formula is C8H16N2O4. The molecular weight excluding hydrogens is 188 g/mol.